The predicted molar refractivity (Wildman–Crippen MR) is 107 cm³/mol. The van der Waals surface area contributed by atoms with Gasteiger partial charge in [0, 0.05) is 0 Å². The smallest absolute Gasteiger partial charge is 0.200 e. The number of ether oxygens (including phenoxy) is 1. The van der Waals surface area contributed by atoms with E-state index in [1.54, 1.807) is 12.1 Å². The van der Waals surface area contributed by atoms with Crippen molar-refractivity contribution in [2.24, 2.45) is 23.7 Å². The minimum Gasteiger partial charge on any atom is -0.490 e. The van der Waals surface area contributed by atoms with Crippen LogP contribution in [-0.4, -0.2) is 6.61 Å². The molecule has 0 bridgehead atoms. The van der Waals surface area contributed by atoms with Crippen LogP contribution in [0.2, 0.25) is 0 Å². The zero-order chi connectivity index (χ0) is 19.2. The standard InChI is InChI=1S/C24H36F2O/c1-3-5-17-6-10-20(11-7-17)21-12-8-18(9-13-21)16-27-22-15-14-19(4-2)23(25)24(22)26/h14-15,17-18,20-21H,3-13,16H2,1-2H3/t17-,18-,20-,21-. The first-order valence-electron chi connectivity index (χ1n) is 11.2. The van der Waals surface area contributed by atoms with E-state index in [1.807, 2.05) is 6.92 Å². The van der Waals surface area contributed by atoms with E-state index in [1.165, 1.54) is 51.4 Å². The lowest BCUT2D eigenvalue weighted by molar-refractivity contribution is 0.120. The van der Waals surface area contributed by atoms with Crippen molar-refractivity contribution in [2.45, 2.75) is 84.5 Å². The Bertz CT molecular complexity index is 584. The van der Waals surface area contributed by atoms with E-state index in [2.05, 4.69) is 6.92 Å². The first-order valence-corrected chi connectivity index (χ1v) is 11.2. The Morgan fingerprint density at radius 3 is 1.96 bits per heavy atom. The highest BCUT2D eigenvalue weighted by Gasteiger charge is 2.31. The van der Waals surface area contributed by atoms with Gasteiger partial charge >= 0.3 is 0 Å². The second-order valence-corrected chi connectivity index (χ2v) is 8.87. The molecule has 3 heteroatoms. The highest BCUT2D eigenvalue weighted by Crippen LogP contribution is 2.42. The summed E-state index contributed by atoms with van der Waals surface area (Å²) in [6.07, 6.45) is 13.8. The Morgan fingerprint density at radius 2 is 1.41 bits per heavy atom. The first-order chi connectivity index (χ1) is 13.1. The number of rotatable bonds is 7. The molecule has 0 unspecified atom stereocenters. The molecule has 1 aromatic carbocycles. The molecule has 3 rings (SSSR count). The number of aryl methyl sites for hydroxylation is 1. The molecule has 2 aliphatic carbocycles. The number of hydrogen-bond acceptors (Lipinski definition) is 1. The van der Waals surface area contributed by atoms with E-state index in [0.717, 1.165) is 30.6 Å². The normalized spacial score (nSPS) is 28.9. The third-order valence-electron chi connectivity index (χ3n) is 7.13. The Labute approximate surface area is 163 Å². The van der Waals surface area contributed by atoms with Crippen LogP contribution in [0.25, 0.3) is 0 Å². The molecule has 152 valence electrons. The van der Waals surface area contributed by atoms with Crippen molar-refractivity contribution in [3.05, 3.63) is 29.3 Å². The maximum Gasteiger partial charge on any atom is 0.200 e. The Balaban J connectivity index is 1.42. The van der Waals surface area contributed by atoms with Crippen molar-refractivity contribution >= 4 is 0 Å². The van der Waals surface area contributed by atoms with Crippen LogP contribution in [0, 0.1) is 35.3 Å². The first kappa shape index (κ1) is 20.6. The van der Waals surface area contributed by atoms with E-state index < -0.39 is 11.6 Å². The van der Waals surface area contributed by atoms with Gasteiger partial charge in [-0.05, 0) is 80.2 Å². The van der Waals surface area contributed by atoms with Gasteiger partial charge in [-0.2, -0.15) is 4.39 Å². The van der Waals surface area contributed by atoms with Crippen LogP contribution in [0.1, 0.15) is 83.6 Å². The van der Waals surface area contributed by atoms with Crippen LogP contribution in [0.15, 0.2) is 12.1 Å². The lowest BCUT2D eigenvalue weighted by atomic mass is 9.69. The van der Waals surface area contributed by atoms with E-state index in [4.69, 9.17) is 4.74 Å². The lowest BCUT2D eigenvalue weighted by Gasteiger charge is -2.37. The number of benzene rings is 1. The summed E-state index contributed by atoms with van der Waals surface area (Å²) in [5, 5.41) is 0. The maximum absolute atomic E-state index is 14.1. The summed E-state index contributed by atoms with van der Waals surface area (Å²) < 4.78 is 33.7. The van der Waals surface area contributed by atoms with Gasteiger partial charge in [-0.3, -0.25) is 0 Å². The lowest BCUT2D eigenvalue weighted by Crippen LogP contribution is -2.27. The van der Waals surface area contributed by atoms with Gasteiger partial charge in [0.2, 0.25) is 5.82 Å². The van der Waals surface area contributed by atoms with Gasteiger partial charge in [0.25, 0.3) is 0 Å². The van der Waals surface area contributed by atoms with E-state index in [-0.39, 0.29) is 5.75 Å². The van der Waals surface area contributed by atoms with Gasteiger partial charge in [-0.25, -0.2) is 4.39 Å². The van der Waals surface area contributed by atoms with Crippen molar-refractivity contribution in [3.63, 3.8) is 0 Å². The predicted octanol–water partition coefficient (Wildman–Crippen LogP) is 7.32. The molecule has 0 saturated heterocycles. The summed E-state index contributed by atoms with van der Waals surface area (Å²) in [4.78, 5) is 0. The van der Waals surface area contributed by atoms with E-state index >= 15 is 0 Å². The molecular formula is C24H36F2O. The van der Waals surface area contributed by atoms with Crippen molar-refractivity contribution in [1.29, 1.82) is 0 Å². The van der Waals surface area contributed by atoms with Gasteiger partial charge in [-0.1, -0.05) is 45.6 Å². The second kappa shape index (κ2) is 9.89. The molecular weight excluding hydrogens is 342 g/mol. The fourth-order valence-electron chi connectivity index (χ4n) is 5.35. The maximum atomic E-state index is 14.1. The molecule has 0 aromatic heterocycles. The monoisotopic (exact) mass is 378 g/mol. The molecule has 0 radical (unpaired) electrons. The summed E-state index contributed by atoms with van der Waals surface area (Å²) in [7, 11) is 0. The molecule has 0 heterocycles. The highest BCUT2D eigenvalue weighted by atomic mass is 19.2. The molecule has 2 fully saturated rings. The average molecular weight is 379 g/mol. The van der Waals surface area contributed by atoms with Crippen molar-refractivity contribution in [2.75, 3.05) is 6.61 Å². The molecule has 2 aliphatic rings. The van der Waals surface area contributed by atoms with Crippen molar-refractivity contribution < 1.29 is 13.5 Å². The van der Waals surface area contributed by atoms with Gasteiger partial charge < -0.3 is 4.74 Å². The zero-order valence-corrected chi connectivity index (χ0v) is 17.1. The summed E-state index contributed by atoms with van der Waals surface area (Å²) in [5.41, 5.74) is 0.411. The summed E-state index contributed by atoms with van der Waals surface area (Å²) in [5.74, 6) is 1.75. The molecule has 1 nitrogen and oxygen atoms in total. The fraction of sp³-hybridized carbons (Fsp3) is 0.750. The van der Waals surface area contributed by atoms with Gasteiger partial charge in [0.05, 0.1) is 6.61 Å². The van der Waals surface area contributed by atoms with Crippen molar-refractivity contribution in [3.8, 4) is 5.75 Å². The van der Waals surface area contributed by atoms with Crippen LogP contribution in [0.4, 0.5) is 8.78 Å². The summed E-state index contributed by atoms with van der Waals surface area (Å²) >= 11 is 0. The van der Waals surface area contributed by atoms with Gasteiger partial charge in [-0.15, -0.1) is 0 Å². The Morgan fingerprint density at radius 1 is 0.815 bits per heavy atom. The Hall–Kier alpha value is -1.12. The zero-order valence-electron chi connectivity index (χ0n) is 17.1. The molecule has 0 N–H and O–H groups in total. The van der Waals surface area contributed by atoms with Crippen LogP contribution < -0.4 is 4.74 Å². The topological polar surface area (TPSA) is 9.23 Å². The molecule has 0 aliphatic heterocycles. The van der Waals surface area contributed by atoms with Gasteiger partial charge in [0.1, 0.15) is 0 Å². The van der Waals surface area contributed by atoms with Crippen LogP contribution in [-0.2, 0) is 6.42 Å². The van der Waals surface area contributed by atoms with E-state index in [0.29, 0.717) is 24.5 Å². The highest BCUT2D eigenvalue weighted by molar-refractivity contribution is 5.31. The van der Waals surface area contributed by atoms with Gasteiger partial charge in [0.15, 0.2) is 11.6 Å². The SMILES string of the molecule is CCC[C@H]1CC[C@H]([C@H]2CC[C@H](COc3ccc(CC)c(F)c3F)CC2)CC1. The largest absolute Gasteiger partial charge is 0.490 e. The molecule has 0 amide bonds. The number of halogens is 2. The van der Waals surface area contributed by atoms with Crippen LogP contribution in [0.3, 0.4) is 0 Å². The van der Waals surface area contributed by atoms with Crippen molar-refractivity contribution in [1.82, 2.24) is 0 Å². The third-order valence-corrected chi connectivity index (χ3v) is 7.13. The molecule has 2 saturated carbocycles. The average Bonchev–Trinajstić information content (AvgIpc) is 2.70. The molecule has 27 heavy (non-hydrogen) atoms. The molecule has 1 aromatic rings. The molecule has 0 atom stereocenters. The summed E-state index contributed by atoms with van der Waals surface area (Å²) in [6, 6.07) is 3.22. The van der Waals surface area contributed by atoms with Crippen LogP contribution >= 0.6 is 0 Å². The minimum atomic E-state index is -0.827. The quantitative estimate of drug-likeness (QED) is 0.483. The Kier molecular flexibility index (Phi) is 7.55. The number of hydrogen-bond donors (Lipinski definition) is 0. The minimum absolute atomic E-state index is 0.0704. The second-order valence-electron chi connectivity index (χ2n) is 8.87. The van der Waals surface area contributed by atoms with E-state index in [9.17, 15) is 8.78 Å². The fourth-order valence-corrected chi connectivity index (χ4v) is 5.35. The van der Waals surface area contributed by atoms with Crippen LogP contribution in [0.5, 0.6) is 5.75 Å². The molecule has 0 spiro atoms. The summed E-state index contributed by atoms with van der Waals surface area (Å²) in [6.45, 7) is 4.64. The third kappa shape index (κ3) is 5.23.